The van der Waals surface area contributed by atoms with Crippen molar-refractivity contribution in [2.75, 3.05) is 6.54 Å². The van der Waals surface area contributed by atoms with Gasteiger partial charge in [0.1, 0.15) is 6.54 Å². The largest absolute Gasteiger partial charge is 0.218 e. The van der Waals surface area contributed by atoms with Gasteiger partial charge in [0.15, 0.2) is 0 Å². The molecule has 0 bridgehead atoms. The predicted octanol–water partition coefficient (Wildman–Crippen LogP) is 2.03. The lowest BCUT2D eigenvalue weighted by Crippen LogP contribution is -2.43. The smallest absolute Gasteiger partial charge is 0.212 e. The molecule has 0 heterocycles. The maximum absolute atomic E-state index is 12.5. The number of nitrogens with zero attached hydrogens (tertiary/aromatic N) is 2. The third kappa shape index (κ3) is 2.63. The lowest BCUT2D eigenvalue weighted by atomic mass is 10.2. The van der Waals surface area contributed by atoms with Crippen molar-refractivity contribution in [2.45, 2.75) is 62.7 Å². The normalized spacial score (nSPS) is 23.3. The van der Waals surface area contributed by atoms with Crippen molar-refractivity contribution >= 4 is 10.0 Å². The van der Waals surface area contributed by atoms with Crippen molar-refractivity contribution in [1.82, 2.24) is 4.31 Å². The Morgan fingerprint density at radius 3 is 2.12 bits per heavy atom. The monoisotopic (exact) mass is 256 g/mol. The number of hydrogen-bond donors (Lipinski definition) is 0. The first-order valence-electron chi connectivity index (χ1n) is 6.54. The SMILES string of the molecule is N#CCN(C1CCCC1)S(=O)(=O)C1CCCC1. The molecule has 2 aliphatic rings. The van der Waals surface area contributed by atoms with Crippen molar-refractivity contribution < 1.29 is 8.42 Å². The Morgan fingerprint density at radius 2 is 1.59 bits per heavy atom. The fourth-order valence-electron chi connectivity index (χ4n) is 3.07. The molecule has 0 saturated heterocycles. The third-order valence-corrected chi connectivity index (χ3v) is 6.40. The fraction of sp³-hybridized carbons (Fsp3) is 0.917. The molecule has 0 amide bonds. The van der Waals surface area contributed by atoms with Gasteiger partial charge in [-0.1, -0.05) is 25.7 Å². The van der Waals surface area contributed by atoms with Crippen LogP contribution >= 0.6 is 0 Å². The summed E-state index contributed by atoms with van der Waals surface area (Å²) in [4.78, 5) is 0. The maximum atomic E-state index is 12.5. The lowest BCUT2D eigenvalue weighted by Gasteiger charge is -2.28. The van der Waals surface area contributed by atoms with E-state index >= 15 is 0 Å². The molecule has 0 aliphatic heterocycles. The molecule has 0 unspecified atom stereocenters. The summed E-state index contributed by atoms with van der Waals surface area (Å²) in [5.41, 5.74) is 0. The summed E-state index contributed by atoms with van der Waals surface area (Å²) >= 11 is 0. The van der Waals surface area contributed by atoms with E-state index in [1.54, 1.807) is 0 Å². The van der Waals surface area contributed by atoms with Crippen LogP contribution in [0, 0.1) is 11.3 Å². The van der Waals surface area contributed by atoms with Gasteiger partial charge < -0.3 is 0 Å². The van der Waals surface area contributed by atoms with Gasteiger partial charge in [-0.05, 0) is 25.7 Å². The minimum absolute atomic E-state index is 0.0312. The topological polar surface area (TPSA) is 61.2 Å². The van der Waals surface area contributed by atoms with E-state index in [0.717, 1.165) is 51.4 Å². The summed E-state index contributed by atoms with van der Waals surface area (Å²) in [5.74, 6) is 0. The van der Waals surface area contributed by atoms with Crippen LogP contribution < -0.4 is 0 Å². The summed E-state index contributed by atoms with van der Waals surface area (Å²) in [5, 5.41) is 8.62. The molecule has 0 atom stereocenters. The van der Waals surface area contributed by atoms with E-state index in [-0.39, 0.29) is 17.8 Å². The van der Waals surface area contributed by atoms with Gasteiger partial charge >= 0.3 is 0 Å². The molecule has 0 N–H and O–H groups in total. The van der Waals surface area contributed by atoms with Gasteiger partial charge in [-0.2, -0.15) is 9.57 Å². The second-order valence-electron chi connectivity index (χ2n) is 5.09. The van der Waals surface area contributed by atoms with Gasteiger partial charge in [0.25, 0.3) is 0 Å². The number of nitriles is 1. The summed E-state index contributed by atoms with van der Waals surface area (Å²) < 4.78 is 26.5. The first kappa shape index (κ1) is 12.8. The van der Waals surface area contributed by atoms with Crippen LogP contribution in [0.15, 0.2) is 0 Å². The second kappa shape index (κ2) is 5.36. The van der Waals surface area contributed by atoms with Crippen LogP contribution in [0.4, 0.5) is 0 Å². The van der Waals surface area contributed by atoms with Crippen molar-refractivity contribution in [3.8, 4) is 6.07 Å². The van der Waals surface area contributed by atoms with Gasteiger partial charge in [-0.25, -0.2) is 8.42 Å². The average Bonchev–Trinajstić information content (AvgIpc) is 2.97. The third-order valence-electron chi connectivity index (χ3n) is 4.01. The van der Waals surface area contributed by atoms with Crippen LogP contribution in [0.5, 0.6) is 0 Å². The number of hydrogen-bond acceptors (Lipinski definition) is 3. The van der Waals surface area contributed by atoms with Gasteiger partial charge in [-0.15, -0.1) is 0 Å². The number of rotatable bonds is 4. The minimum atomic E-state index is -3.24. The van der Waals surface area contributed by atoms with Crippen molar-refractivity contribution in [2.24, 2.45) is 0 Å². The van der Waals surface area contributed by atoms with E-state index in [2.05, 4.69) is 0 Å². The van der Waals surface area contributed by atoms with E-state index in [0.29, 0.717) is 0 Å². The highest BCUT2D eigenvalue weighted by atomic mass is 32.2. The standard InChI is InChI=1S/C12H20N2O2S/c13-9-10-14(11-5-1-2-6-11)17(15,16)12-7-3-4-8-12/h11-12H,1-8,10H2. The first-order chi connectivity index (χ1) is 8.16. The minimum Gasteiger partial charge on any atom is -0.212 e. The number of sulfonamides is 1. The molecule has 0 spiro atoms. The Bertz CT molecular complexity index is 387. The second-order valence-corrected chi connectivity index (χ2v) is 7.26. The molecule has 5 heteroatoms. The quantitative estimate of drug-likeness (QED) is 0.723. The molecule has 17 heavy (non-hydrogen) atoms. The highest BCUT2D eigenvalue weighted by molar-refractivity contribution is 7.89. The van der Waals surface area contributed by atoms with Crippen LogP contribution in [0.2, 0.25) is 0 Å². The van der Waals surface area contributed by atoms with Crippen molar-refractivity contribution in [3.05, 3.63) is 0 Å². The Labute approximate surface area is 104 Å². The zero-order chi connectivity index (χ0) is 12.3. The van der Waals surface area contributed by atoms with Crippen molar-refractivity contribution in [3.63, 3.8) is 0 Å². The first-order valence-corrected chi connectivity index (χ1v) is 8.04. The molecule has 2 saturated carbocycles. The molecule has 0 radical (unpaired) electrons. The van der Waals surface area contributed by atoms with Crippen LogP contribution in [-0.2, 0) is 10.0 Å². The van der Waals surface area contributed by atoms with Gasteiger partial charge in [0, 0.05) is 6.04 Å². The molecule has 0 aromatic rings. The molecule has 2 fully saturated rings. The summed E-state index contributed by atoms with van der Waals surface area (Å²) in [6.45, 7) is 0.0312. The Hall–Kier alpha value is -0.600. The molecule has 0 aromatic carbocycles. The van der Waals surface area contributed by atoms with Crippen LogP contribution in [0.3, 0.4) is 0 Å². The van der Waals surface area contributed by atoms with Crippen molar-refractivity contribution in [1.29, 1.82) is 5.26 Å². The highest BCUT2D eigenvalue weighted by Gasteiger charge is 2.38. The lowest BCUT2D eigenvalue weighted by molar-refractivity contribution is 0.345. The van der Waals surface area contributed by atoms with Gasteiger partial charge in [-0.3, -0.25) is 0 Å². The Morgan fingerprint density at radius 1 is 1.06 bits per heavy atom. The molecule has 4 nitrogen and oxygen atoms in total. The van der Waals surface area contributed by atoms with Gasteiger partial charge in [0.05, 0.1) is 11.3 Å². The Balaban J connectivity index is 2.16. The molecule has 2 rings (SSSR count). The fourth-order valence-corrected chi connectivity index (χ4v) is 5.24. The summed E-state index contributed by atoms with van der Waals surface area (Å²) in [6, 6.07) is 2.10. The molecular weight excluding hydrogens is 236 g/mol. The van der Waals surface area contributed by atoms with Crippen LogP contribution in [0.1, 0.15) is 51.4 Å². The van der Waals surface area contributed by atoms with Crippen LogP contribution in [0.25, 0.3) is 0 Å². The summed E-state index contributed by atoms with van der Waals surface area (Å²) in [7, 11) is -3.24. The molecule has 0 aromatic heterocycles. The summed E-state index contributed by atoms with van der Waals surface area (Å²) in [6.07, 6.45) is 7.60. The Kier molecular flexibility index (Phi) is 4.05. The van der Waals surface area contributed by atoms with E-state index in [9.17, 15) is 8.42 Å². The van der Waals surface area contributed by atoms with Gasteiger partial charge in [0.2, 0.25) is 10.0 Å². The van der Waals surface area contributed by atoms with E-state index in [1.165, 1.54) is 4.31 Å². The van der Waals surface area contributed by atoms with E-state index in [4.69, 9.17) is 5.26 Å². The zero-order valence-electron chi connectivity index (χ0n) is 10.1. The maximum Gasteiger partial charge on any atom is 0.218 e. The zero-order valence-corrected chi connectivity index (χ0v) is 11.0. The molecular formula is C12H20N2O2S. The molecule has 2 aliphatic carbocycles. The van der Waals surface area contributed by atoms with Crippen LogP contribution in [-0.4, -0.2) is 30.6 Å². The predicted molar refractivity (Wildman–Crippen MR) is 65.8 cm³/mol. The highest BCUT2D eigenvalue weighted by Crippen LogP contribution is 2.32. The molecule has 96 valence electrons. The van der Waals surface area contributed by atoms with E-state index in [1.807, 2.05) is 6.07 Å². The van der Waals surface area contributed by atoms with E-state index < -0.39 is 10.0 Å². The average molecular weight is 256 g/mol.